The molecule has 0 aliphatic carbocycles. The molecule has 8 heteroatoms. The molecule has 0 amide bonds. The number of piperazine rings is 1. The van der Waals surface area contributed by atoms with Crippen molar-refractivity contribution in [2.75, 3.05) is 13.1 Å². The first-order valence-corrected chi connectivity index (χ1v) is 7.48. The average Bonchev–Trinajstić information content (AvgIpc) is 2.35. The summed E-state index contributed by atoms with van der Waals surface area (Å²) in [6, 6.07) is 2.10. The van der Waals surface area contributed by atoms with Crippen LogP contribution in [0.3, 0.4) is 0 Å². The second-order valence-corrected chi connectivity index (χ2v) is 6.53. The molecule has 0 aromatic heterocycles. The SMILES string of the molecule is CC1NCCN(S(=O)(=O)c2cc(F)ccc2F)C1C.Cl. The van der Waals surface area contributed by atoms with Crippen LogP contribution < -0.4 is 5.32 Å². The molecule has 1 saturated heterocycles. The molecule has 1 aromatic carbocycles. The van der Waals surface area contributed by atoms with Crippen LogP contribution in [0.25, 0.3) is 0 Å². The Labute approximate surface area is 123 Å². The normalized spacial score (nSPS) is 24.2. The number of sulfonamides is 1. The van der Waals surface area contributed by atoms with E-state index < -0.39 is 26.6 Å². The molecule has 0 radical (unpaired) electrons. The number of rotatable bonds is 2. The second-order valence-electron chi connectivity index (χ2n) is 4.67. The summed E-state index contributed by atoms with van der Waals surface area (Å²) in [7, 11) is -4.02. The molecule has 0 bridgehead atoms. The summed E-state index contributed by atoms with van der Waals surface area (Å²) in [5.74, 6) is -1.70. The van der Waals surface area contributed by atoms with Crippen LogP contribution >= 0.6 is 12.4 Å². The lowest BCUT2D eigenvalue weighted by molar-refractivity contribution is 0.232. The third kappa shape index (κ3) is 3.11. The summed E-state index contributed by atoms with van der Waals surface area (Å²) in [4.78, 5) is -0.603. The number of benzene rings is 1. The molecular weight excluding hydrogens is 310 g/mol. The van der Waals surface area contributed by atoms with Gasteiger partial charge in [-0.2, -0.15) is 4.31 Å². The average molecular weight is 327 g/mol. The molecule has 4 nitrogen and oxygen atoms in total. The molecule has 1 N–H and O–H groups in total. The lowest BCUT2D eigenvalue weighted by atomic mass is 10.1. The first-order chi connectivity index (χ1) is 8.84. The zero-order chi connectivity index (χ0) is 14.2. The minimum absolute atomic E-state index is 0. The summed E-state index contributed by atoms with van der Waals surface area (Å²) in [5.41, 5.74) is 0. The maximum atomic E-state index is 13.7. The molecule has 1 aliphatic heterocycles. The third-order valence-electron chi connectivity index (χ3n) is 3.46. The lowest BCUT2D eigenvalue weighted by Crippen LogP contribution is -2.57. The van der Waals surface area contributed by atoms with Crippen LogP contribution in [0.1, 0.15) is 13.8 Å². The van der Waals surface area contributed by atoms with Crippen molar-refractivity contribution in [2.24, 2.45) is 0 Å². The van der Waals surface area contributed by atoms with Crippen molar-refractivity contribution in [3.05, 3.63) is 29.8 Å². The van der Waals surface area contributed by atoms with E-state index in [4.69, 9.17) is 0 Å². The summed E-state index contributed by atoms with van der Waals surface area (Å²) < 4.78 is 52.8. The quantitative estimate of drug-likeness (QED) is 0.901. The number of hydrogen-bond acceptors (Lipinski definition) is 3. The Morgan fingerprint density at radius 2 is 1.95 bits per heavy atom. The molecule has 1 fully saturated rings. The number of nitrogens with zero attached hydrogens (tertiary/aromatic N) is 1. The van der Waals surface area contributed by atoms with E-state index in [2.05, 4.69) is 5.32 Å². The molecule has 0 spiro atoms. The molecule has 0 saturated carbocycles. The van der Waals surface area contributed by atoms with Gasteiger partial charge in [0.2, 0.25) is 10.0 Å². The van der Waals surface area contributed by atoms with Crippen molar-refractivity contribution < 1.29 is 17.2 Å². The fourth-order valence-electron chi connectivity index (χ4n) is 2.17. The minimum atomic E-state index is -4.02. The maximum absolute atomic E-state index is 13.7. The van der Waals surface area contributed by atoms with E-state index in [9.17, 15) is 17.2 Å². The minimum Gasteiger partial charge on any atom is -0.311 e. The lowest BCUT2D eigenvalue weighted by Gasteiger charge is -2.37. The van der Waals surface area contributed by atoms with Crippen LogP contribution in [-0.4, -0.2) is 37.9 Å². The van der Waals surface area contributed by atoms with Crippen molar-refractivity contribution in [1.82, 2.24) is 9.62 Å². The van der Waals surface area contributed by atoms with Crippen molar-refractivity contribution >= 4 is 22.4 Å². The Balaban J connectivity index is 0.00000200. The van der Waals surface area contributed by atoms with E-state index in [1.165, 1.54) is 4.31 Å². The van der Waals surface area contributed by atoms with Gasteiger partial charge < -0.3 is 5.32 Å². The van der Waals surface area contributed by atoms with Crippen LogP contribution in [0.4, 0.5) is 8.78 Å². The van der Waals surface area contributed by atoms with Crippen molar-refractivity contribution in [3.63, 3.8) is 0 Å². The van der Waals surface area contributed by atoms with Crippen molar-refractivity contribution in [1.29, 1.82) is 0 Å². The maximum Gasteiger partial charge on any atom is 0.246 e. The summed E-state index contributed by atoms with van der Waals surface area (Å²) in [5, 5.41) is 3.14. The topological polar surface area (TPSA) is 49.4 Å². The Morgan fingerprint density at radius 3 is 2.60 bits per heavy atom. The van der Waals surface area contributed by atoms with Gasteiger partial charge in [-0.15, -0.1) is 12.4 Å². The number of halogens is 3. The van der Waals surface area contributed by atoms with Gasteiger partial charge in [0.15, 0.2) is 0 Å². The first kappa shape index (κ1) is 17.3. The van der Waals surface area contributed by atoms with Gasteiger partial charge in [0.25, 0.3) is 0 Å². The first-order valence-electron chi connectivity index (χ1n) is 6.04. The van der Waals surface area contributed by atoms with Gasteiger partial charge in [-0.3, -0.25) is 0 Å². The molecule has 2 rings (SSSR count). The molecule has 20 heavy (non-hydrogen) atoms. The summed E-state index contributed by atoms with van der Waals surface area (Å²) in [6.45, 7) is 4.32. The van der Waals surface area contributed by atoms with Crippen molar-refractivity contribution in [2.45, 2.75) is 30.8 Å². The molecular formula is C12H17ClF2N2O2S. The fraction of sp³-hybridized carbons (Fsp3) is 0.500. The van der Waals surface area contributed by atoms with E-state index in [0.717, 1.165) is 18.2 Å². The monoisotopic (exact) mass is 326 g/mol. The third-order valence-corrected chi connectivity index (χ3v) is 5.46. The highest BCUT2D eigenvalue weighted by atomic mass is 35.5. The predicted octanol–water partition coefficient (Wildman–Crippen LogP) is 1.76. The van der Waals surface area contributed by atoms with E-state index in [1.807, 2.05) is 6.92 Å². The summed E-state index contributed by atoms with van der Waals surface area (Å²) >= 11 is 0. The van der Waals surface area contributed by atoms with Gasteiger partial charge in [0.1, 0.15) is 16.5 Å². The van der Waals surface area contributed by atoms with Crippen LogP contribution in [-0.2, 0) is 10.0 Å². The zero-order valence-electron chi connectivity index (χ0n) is 11.1. The summed E-state index contributed by atoms with van der Waals surface area (Å²) in [6.07, 6.45) is 0. The van der Waals surface area contributed by atoms with Gasteiger partial charge in [-0.1, -0.05) is 0 Å². The zero-order valence-corrected chi connectivity index (χ0v) is 12.8. The molecule has 1 aromatic rings. The van der Waals surface area contributed by atoms with E-state index in [1.54, 1.807) is 6.92 Å². The predicted molar refractivity (Wildman–Crippen MR) is 74.4 cm³/mol. The van der Waals surface area contributed by atoms with Crippen LogP contribution in [0.15, 0.2) is 23.1 Å². The highest BCUT2D eigenvalue weighted by Crippen LogP contribution is 2.24. The van der Waals surface area contributed by atoms with E-state index in [0.29, 0.717) is 6.54 Å². The van der Waals surface area contributed by atoms with Gasteiger partial charge in [0.05, 0.1) is 0 Å². The van der Waals surface area contributed by atoms with E-state index in [-0.39, 0.29) is 31.0 Å². The number of hydrogen-bond donors (Lipinski definition) is 1. The van der Waals surface area contributed by atoms with E-state index >= 15 is 0 Å². The van der Waals surface area contributed by atoms with Crippen LogP contribution in [0.2, 0.25) is 0 Å². The standard InChI is InChI=1S/C12H16F2N2O2S.ClH/c1-8-9(2)16(6-5-15-8)19(17,18)12-7-10(13)3-4-11(12)14;/h3-4,7-9,15H,5-6H2,1-2H3;1H. The Kier molecular flexibility index (Phi) is 5.48. The van der Waals surface area contributed by atoms with Crippen molar-refractivity contribution in [3.8, 4) is 0 Å². The Hall–Kier alpha value is -0.760. The molecule has 2 unspecified atom stereocenters. The van der Waals surface area contributed by atoms with Crippen LogP contribution in [0.5, 0.6) is 0 Å². The van der Waals surface area contributed by atoms with Gasteiger partial charge >= 0.3 is 0 Å². The highest BCUT2D eigenvalue weighted by Gasteiger charge is 2.36. The second kappa shape index (κ2) is 6.34. The Morgan fingerprint density at radius 1 is 1.30 bits per heavy atom. The largest absolute Gasteiger partial charge is 0.311 e. The van der Waals surface area contributed by atoms with Gasteiger partial charge in [0, 0.05) is 25.2 Å². The highest BCUT2D eigenvalue weighted by molar-refractivity contribution is 7.89. The molecule has 2 atom stereocenters. The molecule has 1 heterocycles. The van der Waals surface area contributed by atoms with Gasteiger partial charge in [-0.05, 0) is 32.0 Å². The molecule has 1 aliphatic rings. The fourth-order valence-corrected chi connectivity index (χ4v) is 3.95. The Bertz CT molecular complexity index is 583. The van der Waals surface area contributed by atoms with Crippen LogP contribution in [0, 0.1) is 11.6 Å². The number of nitrogens with one attached hydrogen (secondary N) is 1. The smallest absolute Gasteiger partial charge is 0.246 e. The molecule has 114 valence electrons. The van der Waals surface area contributed by atoms with Gasteiger partial charge in [-0.25, -0.2) is 17.2 Å².